The van der Waals surface area contributed by atoms with Crippen molar-refractivity contribution >= 4 is 33.8 Å². The van der Waals surface area contributed by atoms with Gasteiger partial charge in [0.15, 0.2) is 0 Å². The number of pyridine rings is 1. The van der Waals surface area contributed by atoms with Crippen LogP contribution in [0.15, 0.2) is 66.4 Å². The summed E-state index contributed by atoms with van der Waals surface area (Å²) in [4.78, 5) is 24.4. The molecular formula is C29H27FN6O3S. The summed E-state index contributed by atoms with van der Waals surface area (Å²) in [6, 6.07) is 11.9. The Morgan fingerprint density at radius 3 is 2.73 bits per heavy atom. The van der Waals surface area contributed by atoms with Crippen molar-refractivity contribution in [2.75, 3.05) is 45.3 Å². The lowest BCUT2D eigenvalue weighted by Gasteiger charge is -2.26. The van der Waals surface area contributed by atoms with Crippen LogP contribution in [0.4, 0.5) is 10.1 Å². The zero-order valence-electron chi connectivity index (χ0n) is 21.8. The molecule has 6 rings (SSSR count). The second-order valence-electron chi connectivity index (χ2n) is 9.42. The molecule has 1 saturated heterocycles. The molecule has 3 aromatic heterocycles. The monoisotopic (exact) mass is 558 g/mol. The van der Waals surface area contributed by atoms with Crippen LogP contribution in [0.5, 0.6) is 5.75 Å². The molecule has 204 valence electrons. The first-order chi connectivity index (χ1) is 19.6. The SMILES string of the molecule is COc1cncc(-c2nc(C(=O)Nc3cc4cn(CCN5CCOCC5)nc4cc3-c3ccc(F)cc3)cs2)c1. The van der Waals surface area contributed by atoms with E-state index in [-0.39, 0.29) is 17.4 Å². The number of methoxy groups -OCH3 is 1. The van der Waals surface area contributed by atoms with Crippen LogP contribution in [-0.2, 0) is 11.3 Å². The zero-order chi connectivity index (χ0) is 27.5. The van der Waals surface area contributed by atoms with Gasteiger partial charge in [-0.1, -0.05) is 12.1 Å². The van der Waals surface area contributed by atoms with Crippen LogP contribution in [0.1, 0.15) is 10.5 Å². The summed E-state index contributed by atoms with van der Waals surface area (Å²) in [6.45, 7) is 4.95. The van der Waals surface area contributed by atoms with Gasteiger partial charge in [0.05, 0.1) is 38.6 Å². The third-order valence-electron chi connectivity index (χ3n) is 6.78. The third kappa shape index (κ3) is 5.71. The molecule has 1 fully saturated rings. The van der Waals surface area contributed by atoms with Gasteiger partial charge in [-0.15, -0.1) is 11.3 Å². The van der Waals surface area contributed by atoms with E-state index >= 15 is 0 Å². The first-order valence-corrected chi connectivity index (χ1v) is 13.8. The molecule has 1 aliphatic rings. The standard InChI is InChI=1S/C29H27FN6O3S/c1-38-23-12-20(15-31-16-23)29-33-27(18-40-29)28(37)32-26-13-21-17-36(7-6-35-8-10-39-11-9-35)34-25(21)14-24(26)19-2-4-22(30)5-3-19/h2-5,12-18H,6-11H2,1H3,(H,32,37). The number of thiazole rings is 1. The second kappa shape index (κ2) is 11.5. The van der Waals surface area contributed by atoms with E-state index in [1.807, 2.05) is 29.1 Å². The van der Waals surface area contributed by atoms with Gasteiger partial charge in [-0.2, -0.15) is 5.10 Å². The lowest BCUT2D eigenvalue weighted by molar-refractivity contribution is 0.0360. The summed E-state index contributed by atoms with van der Waals surface area (Å²) in [5.41, 5.74) is 3.94. The van der Waals surface area contributed by atoms with Crippen molar-refractivity contribution in [1.82, 2.24) is 24.6 Å². The molecule has 2 aromatic carbocycles. The largest absolute Gasteiger partial charge is 0.495 e. The lowest BCUT2D eigenvalue weighted by Crippen LogP contribution is -2.38. The number of halogens is 1. The average Bonchev–Trinajstić information content (AvgIpc) is 3.64. The first-order valence-electron chi connectivity index (χ1n) is 12.9. The quantitative estimate of drug-likeness (QED) is 0.288. The van der Waals surface area contributed by atoms with E-state index in [9.17, 15) is 9.18 Å². The van der Waals surface area contributed by atoms with Crippen molar-refractivity contribution < 1.29 is 18.7 Å². The van der Waals surface area contributed by atoms with Crippen molar-refractivity contribution in [2.45, 2.75) is 6.54 Å². The number of fused-ring (bicyclic) bond motifs is 1. The van der Waals surface area contributed by atoms with E-state index < -0.39 is 0 Å². The van der Waals surface area contributed by atoms with Gasteiger partial charge in [-0.3, -0.25) is 19.4 Å². The molecule has 1 aliphatic heterocycles. The van der Waals surface area contributed by atoms with Crippen molar-refractivity contribution in [2.24, 2.45) is 0 Å². The van der Waals surface area contributed by atoms with Crippen LogP contribution in [0.25, 0.3) is 32.6 Å². The fourth-order valence-corrected chi connectivity index (χ4v) is 5.40. The normalized spacial score (nSPS) is 13.9. The number of rotatable bonds is 8. The van der Waals surface area contributed by atoms with Crippen LogP contribution in [0.2, 0.25) is 0 Å². The van der Waals surface area contributed by atoms with Crippen LogP contribution < -0.4 is 10.1 Å². The summed E-state index contributed by atoms with van der Waals surface area (Å²) >= 11 is 1.35. The molecule has 0 atom stereocenters. The van der Waals surface area contributed by atoms with Gasteiger partial charge in [-0.25, -0.2) is 9.37 Å². The van der Waals surface area contributed by atoms with Gasteiger partial charge in [-0.05, 0) is 35.9 Å². The number of nitrogens with zero attached hydrogens (tertiary/aromatic N) is 5. The molecule has 0 saturated carbocycles. The molecule has 40 heavy (non-hydrogen) atoms. The highest BCUT2D eigenvalue weighted by molar-refractivity contribution is 7.13. The Morgan fingerprint density at radius 2 is 1.93 bits per heavy atom. The Labute approximate surface area is 234 Å². The molecule has 4 heterocycles. The van der Waals surface area contributed by atoms with Crippen molar-refractivity contribution in [3.63, 3.8) is 0 Å². The Kier molecular flexibility index (Phi) is 7.49. The minimum Gasteiger partial charge on any atom is -0.495 e. The number of nitrogens with one attached hydrogen (secondary N) is 1. The van der Waals surface area contributed by atoms with Crippen LogP contribution in [-0.4, -0.2) is 70.5 Å². The number of amides is 1. The number of benzene rings is 2. The summed E-state index contributed by atoms with van der Waals surface area (Å²) in [7, 11) is 1.57. The van der Waals surface area contributed by atoms with Crippen LogP contribution in [0, 0.1) is 5.82 Å². The number of carbonyl (C=O) groups excluding carboxylic acids is 1. The third-order valence-corrected chi connectivity index (χ3v) is 7.67. The Balaban J connectivity index is 1.28. The minimum absolute atomic E-state index is 0.286. The molecule has 0 radical (unpaired) electrons. The van der Waals surface area contributed by atoms with Crippen LogP contribution in [0.3, 0.4) is 0 Å². The number of hydrogen-bond donors (Lipinski definition) is 1. The summed E-state index contributed by atoms with van der Waals surface area (Å²) in [5.74, 6) is -0.0629. The van der Waals surface area contributed by atoms with E-state index in [1.54, 1.807) is 37.0 Å². The zero-order valence-corrected chi connectivity index (χ0v) is 22.7. The average molecular weight is 559 g/mol. The van der Waals surface area contributed by atoms with Gasteiger partial charge in [0.1, 0.15) is 22.3 Å². The van der Waals surface area contributed by atoms with Gasteiger partial charge in [0.2, 0.25) is 0 Å². The Hall–Kier alpha value is -4.19. The highest BCUT2D eigenvalue weighted by Crippen LogP contribution is 2.33. The Morgan fingerprint density at radius 1 is 1.10 bits per heavy atom. The van der Waals surface area contributed by atoms with Crippen molar-refractivity contribution in [1.29, 1.82) is 0 Å². The summed E-state index contributed by atoms with van der Waals surface area (Å²) < 4.78 is 26.3. The van der Waals surface area contributed by atoms with E-state index in [0.717, 1.165) is 67.0 Å². The predicted octanol–water partition coefficient (Wildman–Crippen LogP) is 4.95. The maximum Gasteiger partial charge on any atom is 0.275 e. The molecule has 1 amide bonds. The maximum absolute atomic E-state index is 13.7. The van der Waals surface area contributed by atoms with Crippen molar-refractivity contribution in [3.8, 4) is 27.4 Å². The second-order valence-corrected chi connectivity index (χ2v) is 10.3. The van der Waals surface area contributed by atoms with Gasteiger partial charge < -0.3 is 14.8 Å². The lowest BCUT2D eigenvalue weighted by atomic mass is 10.0. The van der Waals surface area contributed by atoms with E-state index in [4.69, 9.17) is 14.6 Å². The summed E-state index contributed by atoms with van der Waals surface area (Å²) in [5, 5.41) is 11.1. The smallest absolute Gasteiger partial charge is 0.275 e. The van der Waals surface area contributed by atoms with E-state index in [2.05, 4.69) is 20.2 Å². The molecule has 1 N–H and O–H groups in total. The molecule has 0 aliphatic carbocycles. The predicted molar refractivity (Wildman–Crippen MR) is 152 cm³/mol. The number of hydrogen-bond acceptors (Lipinski definition) is 8. The molecule has 11 heteroatoms. The van der Waals surface area contributed by atoms with E-state index in [1.165, 1.54) is 23.5 Å². The first kappa shape index (κ1) is 26.1. The highest BCUT2D eigenvalue weighted by atomic mass is 32.1. The molecule has 0 unspecified atom stereocenters. The number of ether oxygens (including phenoxy) is 2. The van der Waals surface area contributed by atoms with Crippen LogP contribution >= 0.6 is 11.3 Å². The maximum atomic E-state index is 13.7. The minimum atomic E-state index is -0.347. The van der Waals surface area contributed by atoms with Gasteiger partial charge in [0, 0.05) is 59.6 Å². The van der Waals surface area contributed by atoms with Gasteiger partial charge >= 0.3 is 0 Å². The fourth-order valence-electron chi connectivity index (χ4n) is 4.62. The summed E-state index contributed by atoms with van der Waals surface area (Å²) in [6.07, 6.45) is 5.28. The van der Waals surface area contributed by atoms with Gasteiger partial charge in [0.25, 0.3) is 5.91 Å². The number of aromatic nitrogens is 4. The number of carbonyl (C=O) groups is 1. The highest BCUT2D eigenvalue weighted by Gasteiger charge is 2.18. The number of anilines is 1. The molecule has 0 spiro atoms. The molecule has 5 aromatic rings. The number of morpholine rings is 1. The Bertz CT molecular complexity index is 1650. The topological polar surface area (TPSA) is 94.4 Å². The molecule has 9 nitrogen and oxygen atoms in total. The molecular weight excluding hydrogens is 531 g/mol. The van der Waals surface area contributed by atoms with E-state index in [0.29, 0.717) is 16.4 Å². The van der Waals surface area contributed by atoms with Crippen molar-refractivity contribution in [3.05, 3.63) is 77.9 Å². The molecule has 0 bridgehead atoms. The fraction of sp³-hybridized carbons (Fsp3) is 0.241.